The second-order valence-corrected chi connectivity index (χ2v) is 6.54. The summed E-state index contributed by atoms with van der Waals surface area (Å²) in [7, 11) is 0. The maximum atomic E-state index is 12.5. The molecule has 1 heterocycles. The van der Waals surface area contributed by atoms with Crippen molar-refractivity contribution in [3.63, 3.8) is 0 Å². The molecule has 0 aliphatic carbocycles. The summed E-state index contributed by atoms with van der Waals surface area (Å²) in [6.45, 7) is 7.62. The van der Waals surface area contributed by atoms with Crippen LogP contribution in [0.25, 0.3) is 11.0 Å². The SMILES string of the molecule is Cc1cc(C)c(NC(=O)C(C)On2nnc3ccc(Cl)cc32)c(C)c1. The number of halogens is 1. The fourth-order valence-electron chi connectivity index (χ4n) is 2.75. The van der Waals surface area contributed by atoms with E-state index in [2.05, 4.69) is 15.6 Å². The van der Waals surface area contributed by atoms with Crippen molar-refractivity contribution in [2.24, 2.45) is 0 Å². The van der Waals surface area contributed by atoms with Crippen molar-refractivity contribution in [1.29, 1.82) is 0 Å². The van der Waals surface area contributed by atoms with Gasteiger partial charge in [0.1, 0.15) is 11.0 Å². The summed E-state index contributed by atoms with van der Waals surface area (Å²) in [4.78, 5) is 19.4. The summed E-state index contributed by atoms with van der Waals surface area (Å²) >= 11 is 6.00. The number of aromatic nitrogens is 3. The van der Waals surface area contributed by atoms with Crippen molar-refractivity contribution in [1.82, 2.24) is 15.2 Å². The van der Waals surface area contributed by atoms with E-state index in [-0.39, 0.29) is 5.91 Å². The minimum absolute atomic E-state index is 0.263. The van der Waals surface area contributed by atoms with Gasteiger partial charge in [0.15, 0.2) is 0 Å². The Hall–Kier alpha value is -2.60. The van der Waals surface area contributed by atoms with Gasteiger partial charge in [0.25, 0.3) is 5.91 Å². The molecule has 0 fully saturated rings. The molecule has 1 atom stereocenters. The Morgan fingerprint density at radius 3 is 2.56 bits per heavy atom. The highest BCUT2D eigenvalue weighted by atomic mass is 35.5. The standard InChI is InChI=1S/C18H19ClN4O2/c1-10-7-11(2)17(12(3)8-10)20-18(24)13(4)25-23-16-9-14(19)5-6-15(16)21-22-23/h5-9,13H,1-4H3,(H,20,24). The van der Waals surface area contributed by atoms with Crippen LogP contribution in [0.2, 0.25) is 5.02 Å². The largest absolute Gasteiger partial charge is 0.382 e. The summed E-state index contributed by atoms with van der Waals surface area (Å²) < 4.78 is 0. The van der Waals surface area contributed by atoms with E-state index in [0.717, 1.165) is 22.4 Å². The maximum absolute atomic E-state index is 12.5. The lowest BCUT2D eigenvalue weighted by molar-refractivity contribution is -0.127. The fourth-order valence-corrected chi connectivity index (χ4v) is 2.92. The van der Waals surface area contributed by atoms with Crippen LogP contribution in [0, 0.1) is 20.8 Å². The Morgan fingerprint density at radius 2 is 1.88 bits per heavy atom. The molecule has 0 saturated heterocycles. The molecule has 2 aromatic carbocycles. The van der Waals surface area contributed by atoms with E-state index in [1.807, 2.05) is 32.9 Å². The van der Waals surface area contributed by atoms with Crippen LogP contribution in [0.15, 0.2) is 30.3 Å². The van der Waals surface area contributed by atoms with Crippen molar-refractivity contribution >= 4 is 34.2 Å². The molecule has 130 valence electrons. The molecule has 25 heavy (non-hydrogen) atoms. The fraction of sp³-hybridized carbons (Fsp3) is 0.278. The second kappa shape index (κ2) is 6.72. The number of nitrogens with one attached hydrogen (secondary N) is 1. The third-order valence-electron chi connectivity index (χ3n) is 3.93. The molecular weight excluding hydrogens is 340 g/mol. The number of hydrogen-bond donors (Lipinski definition) is 1. The second-order valence-electron chi connectivity index (χ2n) is 6.11. The number of amides is 1. The molecule has 1 unspecified atom stereocenters. The molecule has 7 heteroatoms. The van der Waals surface area contributed by atoms with Crippen molar-refractivity contribution in [2.45, 2.75) is 33.8 Å². The smallest absolute Gasteiger partial charge is 0.268 e. The van der Waals surface area contributed by atoms with Crippen LogP contribution < -0.4 is 10.2 Å². The molecule has 3 rings (SSSR count). The van der Waals surface area contributed by atoms with E-state index >= 15 is 0 Å². The monoisotopic (exact) mass is 358 g/mol. The van der Waals surface area contributed by atoms with Crippen molar-refractivity contribution in [3.8, 4) is 0 Å². The van der Waals surface area contributed by atoms with E-state index in [9.17, 15) is 4.79 Å². The molecule has 1 amide bonds. The lowest BCUT2D eigenvalue weighted by Crippen LogP contribution is -2.35. The van der Waals surface area contributed by atoms with Crippen LogP contribution in [-0.4, -0.2) is 27.2 Å². The first-order valence-corrected chi connectivity index (χ1v) is 8.30. The average Bonchev–Trinajstić information content (AvgIpc) is 2.92. The summed E-state index contributed by atoms with van der Waals surface area (Å²) in [5, 5.41) is 11.4. The Labute approximate surface area is 150 Å². The summed E-state index contributed by atoms with van der Waals surface area (Å²) in [5.41, 5.74) is 5.23. The third-order valence-corrected chi connectivity index (χ3v) is 4.16. The summed E-state index contributed by atoms with van der Waals surface area (Å²) in [6, 6.07) is 9.22. The van der Waals surface area contributed by atoms with Crippen LogP contribution in [-0.2, 0) is 4.79 Å². The number of nitrogens with zero attached hydrogens (tertiary/aromatic N) is 3. The van der Waals surface area contributed by atoms with Gasteiger partial charge in [-0.2, -0.15) is 0 Å². The first-order chi connectivity index (χ1) is 11.8. The first-order valence-electron chi connectivity index (χ1n) is 7.92. The van der Waals surface area contributed by atoms with Crippen LogP contribution in [0.3, 0.4) is 0 Å². The van der Waals surface area contributed by atoms with Crippen LogP contribution in [0.1, 0.15) is 23.6 Å². The molecule has 6 nitrogen and oxygen atoms in total. The summed E-state index contributed by atoms with van der Waals surface area (Å²) in [5.74, 6) is -0.263. The first kappa shape index (κ1) is 17.2. The Bertz CT molecular complexity index is 928. The van der Waals surface area contributed by atoms with E-state index < -0.39 is 6.10 Å². The molecular formula is C18H19ClN4O2. The number of anilines is 1. The topological polar surface area (TPSA) is 69.0 Å². The highest BCUT2D eigenvalue weighted by Gasteiger charge is 2.19. The van der Waals surface area contributed by atoms with Gasteiger partial charge in [0.05, 0.1) is 0 Å². The van der Waals surface area contributed by atoms with E-state index in [4.69, 9.17) is 16.4 Å². The van der Waals surface area contributed by atoms with Crippen LogP contribution in [0.4, 0.5) is 5.69 Å². The number of rotatable bonds is 4. The van der Waals surface area contributed by atoms with Gasteiger partial charge in [0, 0.05) is 10.7 Å². The van der Waals surface area contributed by atoms with Gasteiger partial charge in [-0.15, -0.1) is 5.10 Å². The Morgan fingerprint density at radius 1 is 1.20 bits per heavy atom. The molecule has 1 aromatic heterocycles. The molecule has 3 aromatic rings. The average molecular weight is 359 g/mol. The van der Waals surface area contributed by atoms with Gasteiger partial charge in [-0.05, 0) is 62.2 Å². The van der Waals surface area contributed by atoms with Crippen LogP contribution in [0.5, 0.6) is 0 Å². The van der Waals surface area contributed by atoms with E-state index in [1.54, 1.807) is 25.1 Å². The normalized spacial score (nSPS) is 12.2. The molecule has 0 radical (unpaired) electrons. The van der Waals surface area contributed by atoms with Gasteiger partial charge >= 0.3 is 0 Å². The van der Waals surface area contributed by atoms with Crippen molar-refractivity contribution in [2.75, 3.05) is 5.32 Å². The van der Waals surface area contributed by atoms with Gasteiger partial charge < -0.3 is 10.2 Å². The summed E-state index contributed by atoms with van der Waals surface area (Å²) in [6.07, 6.45) is -0.760. The predicted molar refractivity (Wildman–Crippen MR) is 97.9 cm³/mol. The zero-order chi connectivity index (χ0) is 18.1. The molecule has 1 N–H and O–H groups in total. The maximum Gasteiger partial charge on any atom is 0.268 e. The Balaban J connectivity index is 1.78. The molecule has 0 aliphatic rings. The lowest BCUT2D eigenvalue weighted by atomic mass is 10.0. The van der Waals surface area contributed by atoms with E-state index in [0.29, 0.717) is 16.1 Å². The molecule has 0 saturated carbocycles. The van der Waals surface area contributed by atoms with Gasteiger partial charge in [-0.25, -0.2) is 0 Å². The van der Waals surface area contributed by atoms with Crippen LogP contribution >= 0.6 is 11.6 Å². The number of fused-ring (bicyclic) bond motifs is 1. The zero-order valence-corrected chi connectivity index (χ0v) is 15.3. The number of aryl methyl sites for hydroxylation is 3. The van der Waals surface area contributed by atoms with Gasteiger partial charge in [0.2, 0.25) is 6.10 Å². The quantitative estimate of drug-likeness (QED) is 0.775. The third kappa shape index (κ3) is 3.58. The predicted octanol–water partition coefficient (Wildman–Crippen LogP) is 3.47. The molecule has 0 bridgehead atoms. The van der Waals surface area contributed by atoms with Crippen molar-refractivity contribution in [3.05, 3.63) is 52.0 Å². The van der Waals surface area contributed by atoms with E-state index in [1.165, 1.54) is 4.85 Å². The van der Waals surface area contributed by atoms with Gasteiger partial charge in [-0.3, -0.25) is 4.79 Å². The number of hydrogen-bond acceptors (Lipinski definition) is 4. The number of carbonyl (C=O) groups is 1. The lowest BCUT2D eigenvalue weighted by Gasteiger charge is -2.17. The minimum Gasteiger partial charge on any atom is -0.382 e. The number of benzene rings is 2. The minimum atomic E-state index is -0.760. The zero-order valence-electron chi connectivity index (χ0n) is 14.5. The van der Waals surface area contributed by atoms with Crippen molar-refractivity contribution < 1.29 is 9.63 Å². The highest BCUT2D eigenvalue weighted by Crippen LogP contribution is 2.22. The van der Waals surface area contributed by atoms with Gasteiger partial charge in [-0.1, -0.05) is 34.1 Å². The Kier molecular flexibility index (Phi) is 4.63. The molecule has 0 spiro atoms. The molecule has 0 aliphatic heterocycles. The highest BCUT2D eigenvalue weighted by molar-refractivity contribution is 6.31. The number of carbonyl (C=O) groups excluding carboxylic acids is 1.